The van der Waals surface area contributed by atoms with E-state index in [0.717, 1.165) is 6.42 Å². The van der Waals surface area contributed by atoms with Gasteiger partial charge in [0.15, 0.2) is 0 Å². The summed E-state index contributed by atoms with van der Waals surface area (Å²) in [5.41, 5.74) is 0.663. The molecule has 1 aromatic rings. The fourth-order valence-electron chi connectivity index (χ4n) is 1.93. The summed E-state index contributed by atoms with van der Waals surface area (Å²) < 4.78 is 0. The highest BCUT2D eigenvalue weighted by atomic mass is 32.1. The van der Waals surface area contributed by atoms with Gasteiger partial charge in [0.05, 0.1) is 11.5 Å². The number of aliphatic carboxylic acids is 1. The maximum atomic E-state index is 12.0. The number of rotatable bonds is 2. The van der Waals surface area contributed by atoms with Crippen molar-refractivity contribution in [3.05, 3.63) is 22.4 Å². The molecular formula is C11H13NO3S. The van der Waals surface area contributed by atoms with Gasteiger partial charge in [-0.2, -0.15) is 11.3 Å². The van der Waals surface area contributed by atoms with Gasteiger partial charge in [0.2, 0.25) is 0 Å². The van der Waals surface area contributed by atoms with Crippen molar-refractivity contribution in [2.24, 2.45) is 5.92 Å². The molecule has 1 fully saturated rings. The third kappa shape index (κ3) is 2.24. The summed E-state index contributed by atoms with van der Waals surface area (Å²) in [6.07, 6.45) is 1.44. The maximum absolute atomic E-state index is 12.0. The molecule has 0 aliphatic carbocycles. The van der Waals surface area contributed by atoms with E-state index in [2.05, 4.69) is 0 Å². The number of hydrogen-bond donors (Lipinski definition) is 1. The van der Waals surface area contributed by atoms with Gasteiger partial charge in [-0.05, 0) is 24.3 Å². The highest BCUT2D eigenvalue weighted by Gasteiger charge is 2.28. The van der Waals surface area contributed by atoms with Gasteiger partial charge < -0.3 is 10.0 Å². The first-order valence-electron chi connectivity index (χ1n) is 5.23. The average molecular weight is 239 g/mol. The number of piperidine rings is 1. The monoisotopic (exact) mass is 239 g/mol. The van der Waals surface area contributed by atoms with E-state index in [1.54, 1.807) is 16.3 Å². The molecule has 0 radical (unpaired) electrons. The first-order valence-corrected chi connectivity index (χ1v) is 6.17. The van der Waals surface area contributed by atoms with Gasteiger partial charge in [-0.25, -0.2) is 0 Å². The fraction of sp³-hybridized carbons (Fsp3) is 0.455. The summed E-state index contributed by atoms with van der Waals surface area (Å²) >= 11 is 1.48. The Hall–Kier alpha value is -1.36. The molecule has 2 rings (SSSR count). The van der Waals surface area contributed by atoms with Gasteiger partial charge in [-0.15, -0.1) is 0 Å². The summed E-state index contributed by atoms with van der Waals surface area (Å²) in [6.45, 7) is 1.00. The SMILES string of the molecule is O=C(O)[C@@H]1CCCN(C(=O)c2ccsc2)C1. The van der Waals surface area contributed by atoms with Gasteiger partial charge in [-0.3, -0.25) is 9.59 Å². The van der Waals surface area contributed by atoms with Crippen LogP contribution in [-0.2, 0) is 4.79 Å². The van der Waals surface area contributed by atoms with Crippen LogP contribution in [0.15, 0.2) is 16.8 Å². The Morgan fingerprint density at radius 1 is 1.50 bits per heavy atom. The molecule has 0 bridgehead atoms. The smallest absolute Gasteiger partial charge is 0.308 e. The second-order valence-electron chi connectivity index (χ2n) is 3.94. The molecule has 86 valence electrons. The van der Waals surface area contributed by atoms with Crippen LogP contribution < -0.4 is 0 Å². The largest absolute Gasteiger partial charge is 0.481 e. The average Bonchev–Trinajstić information content (AvgIpc) is 2.81. The van der Waals surface area contributed by atoms with Crippen LogP contribution in [0.25, 0.3) is 0 Å². The normalized spacial score (nSPS) is 20.8. The minimum atomic E-state index is -0.803. The van der Waals surface area contributed by atoms with Crippen LogP contribution >= 0.6 is 11.3 Å². The van der Waals surface area contributed by atoms with Crippen LogP contribution in [0.1, 0.15) is 23.2 Å². The van der Waals surface area contributed by atoms with E-state index in [1.807, 2.05) is 5.38 Å². The maximum Gasteiger partial charge on any atom is 0.308 e. The highest BCUT2D eigenvalue weighted by molar-refractivity contribution is 7.08. The zero-order valence-electron chi connectivity index (χ0n) is 8.76. The summed E-state index contributed by atoms with van der Waals surface area (Å²) in [7, 11) is 0. The lowest BCUT2D eigenvalue weighted by atomic mass is 9.98. The molecule has 0 spiro atoms. The van der Waals surface area contributed by atoms with E-state index >= 15 is 0 Å². The summed E-state index contributed by atoms with van der Waals surface area (Å²) in [4.78, 5) is 24.5. The molecule has 1 aliphatic heterocycles. The predicted octanol–water partition coefficient (Wildman–Crippen LogP) is 1.68. The summed E-state index contributed by atoms with van der Waals surface area (Å²) in [6, 6.07) is 1.78. The van der Waals surface area contributed by atoms with Gasteiger partial charge in [-0.1, -0.05) is 0 Å². The third-order valence-corrected chi connectivity index (χ3v) is 3.51. The predicted molar refractivity (Wildman–Crippen MR) is 60.6 cm³/mol. The fourth-order valence-corrected chi connectivity index (χ4v) is 2.56. The number of hydrogen-bond acceptors (Lipinski definition) is 3. The van der Waals surface area contributed by atoms with Crippen LogP contribution in [-0.4, -0.2) is 35.0 Å². The van der Waals surface area contributed by atoms with Gasteiger partial charge in [0.25, 0.3) is 5.91 Å². The van der Waals surface area contributed by atoms with E-state index < -0.39 is 11.9 Å². The first kappa shape index (κ1) is 11.1. The summed E-state index contributed by atoms with van der Waals surface area (Å²) in [5.74, 6) is -1.26. The quantitative estimate of drug-likeness (QED) is 0.854. The lowest BCUT2D eigenvalue weighted by Crippen LogP contribution is -2.42. The molecule has 0 saturated carbocycles. The Morgan fingerprint density at radius 2 is 2.31 bits per heavy atom. The van der Waals surface area contributed by atoms with Crippen molar-refractivity contribution in [2.75, 3.05) is 13.1 Å². The standard InChI is InChI=1S/C11H13NO3S/c13-10(9-3-5-16-7-9)12-4-1-2-8(6-12)11(14)15/h3,5,7-8H,1-2,4,6H2,(H,14,15)/t8-/m1/s1. The van der Waals surface area contributed by atoms with Crippen molar-refractivity contribution in [1.82, 2.24) is 4.90 Å². The molecule has 1 saturated heterocycles. The molecule has 1 aromatic heterocycles. The molecule has 2 heterocycles. The number of thiophene rings is 1. The van der Waals surface area contributed by atoms with Gasteiger partial charge in [0.1, 0.15) is 0 Å². The molecule has 1 atom stereocenters. The minimum absolute atomic E-state index is 0.0489. The Morgan fingerprint density at radius 3 is 2.94 bits per heavy atom. The number of carboxylic acids is 1. The van der Waals surface area contributed by atoms with Gasteiger partial charge >= 0.3 is 5.97 Å². The van der Waals surface area contributed by atoms with Crippen LogP contribution in [0.5, 0.6) is 0 Å². The lowest BCUT2D eigenvalue weighted by Gasteiger charge is -2.30. The number of likely N-dealkylation sites (tertiary alicyclic amines) is 1. The van der Waals surface area contributed by atoms with Crippen LogP contribution in [0.2, 0.25) is 0 Å². The minimum Gasteiger partial charge on any atom is -0.481 e. The van der Waals surface area contributed by atoms with Crippen molar-refractivity contribution in [3.8, 4) is 0 Å². The van der Waals surface area contributed by atoms with Crippen LogP contribution in [0.4, 0.5) is 0 Å². The number of carbonyl (C=O) groups is 2. The first-order chi connectivity index (χ1) is 7.68. The molecule has 1 aliphatic rings. The van der Waals surface area contributed by atoms with Crippen LogP contribution in [0.3, 0.4) is 0 Å². The van der Waals surface area contributed by atoms with E-state index in [4.69, 9.17) is 5.11 Å². The molecule has 0 aromatic carbocycles. The molecule has 5 heteroatoms. The highest BCUT2D eigenvalue weighted by Crippen LogP contribution is 2.19. The molecule has 1 N–H and O–H groups in total. The number of nitrogens with zero attached hydrogens (tertiary/aromatic N) is 1. The molecule has 0 unspecified atom stereocenters. The Kier molecular flexibility index (Phi) is 3.24. The number of carboxylic acid groups (broad SMARTS) is 1. The second kappa shape index (κ2) is 4.65. The number of amides is 1. The van der Waals surface area contributed by atoms with Crippen molar-refractivity contribution < 1.29 is 14.7 Å². The second-order valence-corrected chi connectivity index (χ2v) is 4.72. The zero-order valence-corrected chi connectivity index (χ0v) is 9.57. The van der Waals surface area contributed by atoms with E-state index in [-0.39, 0.29) is 5.91 Å². The van der Waals surface area contributed by atoms with E-state index in [9.17, 15) is 9.59 Å². The zero-order chi connectivity index (χ0) is 11.5. The summed E-state index contributed by atoms with van der Waals surface area (Å²) in [5, 5.41) is 12.6. The Labute approximate surface area is 97.5 Å². The van der Waals surface area contributed by atoms with E-state index in [1.165, 1.54) is 11.3 Å². The van der Waals surface area contributed by atoms with Crippen molar-refractivity contribution in [1.29, 1.82) is 0 Å². The van der Waals surface area contributed by atoms with E-state index in [0.29, 0.717) is 25.1 Å². The van der Waals surface area contributed by atoms with Crippen molar-refractivity contribution in [2.45, 2.75) is 12.8 Å². The third-order valence-electron chi connectivity index (χ3n) is 2.83. The molecule has 4 nitrogen and oxygen atoms in total. The molecular weight excluding hydrogens is 226 g/mol. The van der Waals surface area contributed by atoms with Crippen LogP contribution in [0, 0.1) is 5.92 Å². The molecule has 1 amide bonds. The molecule has 16 heavy (non-hydrogen) atoms. The Balaban J connectivity index is 2.05. The van der Waals surface area contributed by atoms with Crippen molar-refractivity contribution >= 4 is 23.2 Å². The topological polar surface area (TPSA) is 57.6 Å². The lowest BCUT2D eigenvalue weighted by molar-refractivity contribution is -0.143. The van der Waals surface area contributed by atoms with Crippen molar-refractivity contribution in [3.63, 3.8) is 0 Å². The Bertz CT molecular complexity index is 388. The van der Waals surface area contributed by atoms with Gasteiger partial charge in [0, 0.05) is 18.5 Å². The number of carbonyl (C=O) groups excluding carboxylic acids is 1.